The second kappa shape index (κ2) is 4.95. The maximum Gasteiger partial charge on any atom is 0.155 e. The smallest absolute Gasteiger partial charge is 0.155 e. The summed E-state index contributed by atoms with van der Waals surface area (Å²) < 4.78 is 15.3. The molecule has 0 saturated heterocycles. The van der Waals surface area contributed by atoms with Gasteiger partial charge < -0.3 is 0 Å². The van der Waals surface area contributed by atoms with E-state index in [1.54, 1.807) is 18.5 Å². The van der Waals surface area contributed by atoms with Crippen LogP contribution in [-0.2, 0) is 13.0 Å². The van der Waals surface area contributed by atoms with Crippen LogP contribution in [0.2, 0.25) is 0 Å². The van der Waals surface area contributed by atoms with Gasteiger partial charge in [-0.15, -0.1) is 0 Å². The monoisotopic (exact) mass is 320 g/mol. The van der Waals surface area contributed by atoms with Gasteiger partial charge >= 0.3 is 0 Å². The molecule has 0 saturated carbocycles. The van der Waals surface area contributed by atoms with Crippen LogP contribution in [0.15, 0.2) is 36.8 Å². The normalized spacial score (nSPS) is 13.5. The van der Waals surface area contributed by atoms with Crippen LogP contribution in [0, 0.1) is 5.82 Å². The van der Waals surface area contributed by atoms with Gasteiger partial charge in [-0.2, -0.15) is 10.2 Å². The Morgan fingerprint density at radius 2 is 2.08 bits per heavy atom. The van der Waals surface area contributed by atoms with Crippen LogP contribution in [-0.4, -0.2) is 29.9 Å². The lowest BCUT2D eigenvalue weighted by molar-refractivity contribution is 0.621. The van der Waals surface area contributed by atoms with Crippen molar-refractivity contribution in [3.63, 3.8) is 0 Å². The van der Waals surface area contributed by atoms with Gasteiger partial charge in [0.1, 0.15) is 11.5 Å². The summed E-state index contributed by atoms with van der Waals surface area (Å²) in [6, 6.07) is 5.06. The van der Waals surface area contributed by atoms with Gasteiger partial charge in [0.2, 0.25) is 0 Å². The first-order chi connectivity index (χ1) is 11.8. The summed E-state index contributed by atoms with van der Waals surface area (Å²) in [5.41, 5.74) is 5.44. The summed E-state index contributed by atoms with van der Waals surface area (Å²) in [7, 11) is 0. The van der Waals surface area contributed by atoms with Crippen molar-refractivity contribution in [1.29, 1.82) is 0 Å². The molecule has 24 heavy (non-hydrogen) atoms. The Bertz CT molecular complexity index is 1050. The lowest BCUT2D eigenvalue weighted by Crippen LogP contribution is -1.94. The molecular weight excluding hydrogens is 307 g/mol. The Labute approximate surface area is 136 Å². The fourth-order valence-corrected chi connectivity index (χ4v) is 3.38. The number of nitrogens with zero attached hydrogens (tertiary/aromatic N) is 5. The van der Waals surface area contributed by atoms with Crippen LogP contribution in [0.4, 0.5) is 4.39 Å². The third-order valence-electron chi connectivity index (χ3n) is 4.43. The zero-order chi connectivity index (χ0) is 16.1. The van der Waals surface area contributed by atoms with Crippen LogP contribution in [0.3, 0.4) is 0 Å². The van der Waals surface area contributed by atoms with E-state index >= 15 is 0 Å². The molecule has 0 aliphatic carbocycles. The van der Waals surface area contributed by atoms with Gasteiger partial charge in [-0.3, -0.25) is 14.8 Å². The van der Waals surface area contributed by atoms with E-state index in [0.29, 0.717) is 5.69 Å². The highest BCUT2D eigenvalue weighted by Crippen LogP contribution is 2.39. The number of H-pyrrole nitrogens is 1. The molecule has 5 heterocycles. The highest BCUT2D eigenvalue weighted by molar-refractivity contribution is 5.97. The number of aromatic amines is 1. The summed E-state index contributed by atoms with van der Waals surface area (Å²) in [4.78, 5) is 8.53. The molecule has 0 unspecified atom stereocenters. The van der Waals surface area contributed by atoms with Crippen LogP contribution in [0.5, 0.6) is 0 Å². The quantitative estimate of drug-likeness (QED) is 0.616. The molecule has 0 amide bonds. The van der Waals surface area contributed by atoms with E-state index in [-0.39, 0.29) is 5.82 Å². The molecule has 0 bridgehead atoms. The molecule has 0 fully saturated rings. The number of halogens is 1. The molecule has 0 aromatic carbocycles. The number of nitrogens with one attached hydrogen (secondary N) is 1. The van der Waals surface area contributed by atoms with Crippen LogP contribution in [0.25, 0.3) is 33.5 Å². The van der Waals surface area contributed by atoms with Crippen molar-refractivity contribution in [3.05, 3.63) is 48.3 Å². The predicted octanol–water partition coefficient (Wildman–Crippen LogP) is 2.97. The van der Waals surface area contributed by atoms with Crippen molar-refractivity contribution in [2.45, 2.75) is 19.4 Å². The Morgan fingerprint density at radius 1 is 1.12 bits per heavy atom. The highest BCUT2D eigenvalue weighted by atomic mass is 19.1. The molecule has 5 rings (SSSR count). The molecule has 4 aromatic heterocycles. The number of hydrogen-bond acceptors (Lipinski definition) is 4. The van der Waals surface area contributed by atoms with E-state index in [4.69, 9.17) is 5.10 Å². The average molecular weight is 320 g/mol. The van der Waals surface area contributed by atoms with Crippen molar-refractivity contribution >= 4 is 11.0 Å². The molecule has 0 spiro atoms. The lowest BCUT2D eigenvalue weighted by Gasteiger charge is -2.06. The Balaban J connectivity index is 1.81. The standard InChI is InChI=1S/C17H13FN6/c18-10-3-4-13(20-8-10)16-15(14-2-1-7-24(14)23-16)11-5-6-19-17-12(11)9-21-22-17/h3-6,8-9H,1-2,7H2,(H,19,21,22). The molecule has 0 atom stereocenters. The zero-order valence-electron chi connectivity index (χ0n) is 12.7. The highest BCUT2D eigenvalue weighted by Gasteiger charge is 2.25. The molecule has 7 heteroatoms. The maximum atomic E-state index is 13.2. The molecule has 1 aliphatic rings. The van der Waals surface area contributed by atoms with Crippen molar-refractivity contribution in [1.82, 2.24) is 29.9 Å². The first kappa shape index (κ1) is 13.4. The third-order valence-corrected chi connectivity index (χ3v) is 4.43. The average Bonchev–Trinajstić information content (AvgIpc) is 3.30. The summed E-state index contributed by atoms with van der Waals surface area (Å²) in [5, 5.41) is 12.7. The number of fused-ring (bicyclic) bond motifs is 2. The van der Waals surface area contributed by atoms with E-state index in [2.05, 4.69) is 20.2 Å². The number of rotatable bonds is 2. The van der Waals surface area contributed by atoms with Crippen molar-refractivity contribution in [2.75, 3.05) is 0 Å². The van der Waals surface area contributed by atoms with Crippen LogP contribution >= 0.6 is 0 Å². The SMILES string of the molecule is Fc1ccc(-c2nn3c(c2-c2ccnc4[nH]ncc24)CCC3)nc1. The van der Waals surface area contributed by atoms with E-state index in [9.17, 15) is 4.39 Å². The molecule has 118 valence electrons. The second-order valence-corrected chi connectivity index (χ2v) is 5.85. The molecule has 0 radical (unpaired) electrons. The van der Waals surface area contributed by atoms with E-state index in [1.807, 2.05) is 10.7 Å². The minimum atomic E-state index is -0.354. The summed E-state index contributed by atoms with van der Waals surface area (Å²) in [5.74, 6) is -0.354. The molecule has 1 aliphatic heterocycles. The van der Waals surface area contributed by atoms with Crippen LogP contribution < -0.4 is 0 Å². The number of pyridine rings is 2. The van der Waals surface area contributed by atoms with E-state index in [1.165, 1.54) is 18.0 Å². The third kappa shape index (κ3) is 1.87. The number of hydrogen-bond donors (Lipinski definition) is 1. The minimum Gasteiger partial charge on any atom is -0.268 e. The van der Waals surface area contributed by atoms with Gasteiger partial charge in [0.25, 0.3) is 0 Å². The van der Waals surface area contributed by atoms with Gasteiger partial charge in [0.05, 0.1) is 18.1 Å². The van der Waals surface area contributed by atoms with E-state index < -0.39 is 0 Å². The first-order valence-corrected chi connectivity index (χ1v) is 7.81. The fraction of sp³-hybridized carbons (Fsp3) is 0.176. The van der Waals surface area contributed by atoms with Crippen molar-refractivity contribution < 1.29 is 4.39 Å². The first-order valence-electron chi connectivity index (χ1n) is 7.81. The van der Waals surface area contributed by atoms with Gasteiger partial charge in [0, 0.05) is 29.4 Å². The van der Waals surface area contributed by atoms with Crippen LogP contribution in [0.1, 0.15) is 12.1 Å². The second-order valence-electron chi connectivity index (χ2n) is 5.85. The Hall–Kier alpha value is -3.09. The molecule has 6 nitrogen and oxygen atoms in total. The van der Waals surface area contributed by atoms with Gasteiger partial charge in [0.15, 0.2) is 5.65 Å². The Morgan fingerprint density at radius 3 is 2.96 bits per heavy atom. The zero-order valence-corrected chi connectivity index (χ0v) is 12.7. The molecular formula is C17H13FN6. The van der Waals surface area contributed by atoms with Gasteiger partial charge in [-0.05, 0) is 36.6 Å². The summed E-state index contributed by atoms with van der Waals surface area (Å²) >= 11 is 0. The number of aromatic nitrogens is 6. The topological polar surface area (TPSA) is 72.3 Å². The maximum absolute atomic E-state index is 13.2. The van der Waals surface area contributed by atoms with Crippen molar-refractivity contribution in [3.8, 4) is 22.5 Å². The number of aryl methyl sites for hydroxylation is 1. The lowest BCUT2D eigenvalue weighted by atomic mass is 9.98. The van der Waals surface area contributed by atoms with E-state index in [0.717, 1.165) is 47.2 Å². The van der Waals surface area contributed by atoms with Gasteiger partial charge in [-0.1, -0.05) is 0 Å². The Kier molecular flexibility index (Phi) is 2.76. The fourth-order valence-electron chi connectivity index (χ4n) is 3.38. The summed E-state index contributed by atoms with van der Waals surface area (Å²) in [6.07, 6.45) is 6.80. The van der Waals surface area contributed by atoms with Crippen molar-refractivity contribution in [2.24, 2.45) is 0 Å². The predicted molar refractivity (Wildman–Crippen MR) is 86.6 cm³/mol. The molecule has 4 aromatic rings. The van der Waals surface area contributed by atoms with Gasteiger partial charge in [-0.25, -0.2) is 9.37 Å². The molecule has 1 N–H and O–H groups in total. The minimum absolute atomic E-state index is 0.354. The largest absolute Gasteiger partial charge is 0.268 e. The summed E-state index contributed by atoms with van der Waals surface area (Å²) in [6.45, 7) is 0.892.